The molecule has 36 heavy (non-hydrogen) atoms. The molecule has 1 aromatic heterocycles. The van der Waals surface area contributed by atoms with Crippen molar-refractivity contribution in [1.29, 1.82) is 0 Å². The van der Waals surface area contributed by atoms with Crippen LogP contribution in [0.15, 0.2) is 54.6 Å². The van der Waals surface area contributed by atoms with Crippen LogP contribution in [0, 0.1) is 0 Å². The summed E-state index contributed by atoms with van der Waals surface area (Å²) in [6.07, 6.45) is 4.13. The predicted molar refractivity (Wildman–Crippen MR) is 139 cm³/mol. The van der Waals surface area contributed by atoms with Crippen LogP contribution in [0.1, 0.15) is 52.1 Å². The molecule has 1 unspecified atom stereocenters. The summed E-state index contributed by atoms with van der Waals surface area (Å²) in [6, 6.07) is 18.6. The molecule has 190 valence electrons. The van der Waals surface area contributed by atoms with Gasteiger partial charge < -0.3 is 14.7 Å². The minimum absolute atomic E-state index is 0.0551. The van der Waals surface area contributed by atoms with Crippen LogP contribution in [0.2, 0.25) is 0 Å². The average Bonchev–Trinajstić information content (AvgIpc) is 3.26. The highest BCUT2D eigenvalue weighted by molar-refractivity contribution is 5.94. The molecule has 1 saturated heterocycles. The largest absolute Gasteiger partial charge is 0.497 e. The molecule has 1 fully saturated rings. The van der Waals surface area contributed by atoms with E-state index in [2.05, 4.69) is 41.3 Å². The standard InChI is InChI=1S/C29H36N4O3/c1-36-25-13-5-10-23(18-25)19-33-27-14-17-31(15-6-11-22-8-3-2-4-9-22)21-26(27)28(30-33)29(35)32-16-7-12-24(34)20-32/h2-5,8-10,13,18,24,34H,6-7,11-12,14-17,19-21H2,1H3. The maximum Gasteiger partial charge on any atom is 0.274 e. The number of fused-ring (bicyclic) bond motifs is 1. The Balaban J connectivity index is 1.36. The summed E-state index contributed by atoms with van der Waals surface area (Å²) < 4.78 is 7.41. The lowest BCUT2D eigenvalue weighted by molar-refractivity contribution is 0.0466. The first kappa shape index (κ1) is 24.5. The molecule has 2 aromatic carbocycles. The topological polar surface area (TPSA) is 70.8 Å². The molecule has 7 heteroatoms. The number of aromatic nitrogens is 2. The number of hydrogen-bond acceptors (Lipinski definition) is 5. The number of aliphatic hydroxyl groups is 1. The Morgan fingerprint density at radius 2 is 1.94 bits per heavy atom. The molecule has 5 rings (SSSR count). The van der Waals surface area contributed by atoms with Crippen molar-refractivity contribution >= 4 is 5.91 Å². The quantitative estimate of drug-likeness (QED) is 0.525. The second kappa shape index (κ2) is 11.3. The molecule has 1 amide bonds. The monoisotopic (exact) mass is 488 g/mol. The molecule has 0 saturated carbocycles. The van der Waals surface area contributed by atoms with Crippen LogP contribution in [-0.2, 0) is 25.9 Å². The van der Waals surface area contributed by atoms with Crippen LogP contribution >= 0.6 is 0 Å². The van der Waals surface area contributed by atoms with E-state index in [1.54, 1.807) is 12.0 Å². The van der Waals surface area contributed by atoms with Gasteiger partial charge in [0.05, 0.1) is 19.8 Å². The zero-order chi connectivity index (χ0) is 24.9. The van der Waals surface area contributed by atoms with Crippen molar-refractivity contribution in [3.05, 3.63) is 82.7 Å². The average molecular weight is 489 g/mol. The van der Waals surface area contributed by atoms with E-state index in [1.807, 2.05) is 22.9 Å². The summed E-state index contributed by atoms with van der Waals surface area (Å²) in [5, 5.41) is 15.0. The molecule has 1 N–H and O–H groups in total. The zero-order valence-corrected chi connectivity index (χ0v) is 21.1. The Hall–Kier alpha value is -3.16. The highest BCUT2D eigenvalue weighted by Gasteiger charge is 2.32. The van der Waals surface area contributed by atoms with Gasteiger partial charge in [-0.25, -0.2) is 0 Å². The van der Waals surface area contributed by atoms with Crippen molar-refractivity contribution in [2.75, 3.05) is 33.3 Å². The third kappa shape index (κ3) is 5.63. The molecule has 1 atom stereocenters. The number of methoxy groups -OCH3 is 1. The van der Waals surface area contributed by atoms with Gasteiger partial charge in [0.25, 0.3) is 5.91 Å². The molecular weight excluding hydrogens is 452 g/mol. The fourth-order valence-electron chi connectivity index (χ4n) is 5.42. The minimum Gasteiger partial charge on any atom is -0.497 e. The van der Waals surface area contributed by atoms with E-state index in [1.165, 1.54) is 5.56 Å². The van der Waals surface area contributed by atoms with Gasteiger partial charge in [-0.1, -0.05) is 42.5 Å². The molecule has 0 aliphatic carbocycles. The number of carbonyl (C=O) groups is 1. The van der Waals surface area contributed by atoms with Crippen molar-refractivity contribution in [1.82, 2.24) is 19.6 Å². The number of carbonyl (C=O) groups excluding carboxylic acids is 1. The number of aryl methyl sites for hydroxylation is 1. The Bertz CT molecular complexity index is 1180. The molecule has 7 nitrogen and oxygen atoms in total. The first-order valence-electron chi connectivity index (χ1n) is 13.1. The van der Waals surface area contributed by atoms with Crippen molar-refractivity contribution < 1.29 is 14.6 Å². The summed E-state index contributed by atoms with van der Waals surface area (Å²) in [5.74, 6) is 0.761. The molecule has 0 radical (unpaired) electrons. The van der Waals surface area contributed by atoms with Crippen molar-refractivity contribution in [3.63, 3.8) is 0 Å². The Kier molecular flexibility index (Phi) is 7.68. The van der Waals surface area contributed by atoms with E-state index in [0.717, 1.165) is 74.3 Å². The van der Waals surface area contributed by atoms with E-state index in [4.69, 9.17) is 9.84 Å². The van der Waals surface area contributed by atoms with Gasteiger partial charge in [-0.05, 0) is 55.5 Å². The van der Waals surface area contributed by atoms with Gasteiger partial charge in [0, 0.05) is 43.9 Å². The van der Waals surface area contributed by atoms with Gasteiger partial charge >= 0.3 is 0 Å². The summed E-state index contributed by atoms with van der Waals surface area (Å²) in [7, 11) is 1.67. The van der Waals surface area contributed by atoms with E-state index < -0.39 is 6.10 Å². The molecule has 2 aliphatic heterocycles. The number of amides is 1. The van der Waals surface area contributed by atoms with Crippen molar-refractivity contribution in [2.45, 2.75) is 51.3 Å². The molecular formula is C29H36N4O3. The van der Waals surface area contributed by atoms with Gasteiger partial charge in [0.15, 0.2) is 5.69 Å². The van der Waals surface area contributed by atoms with E-state index >= 15 is 0 Å². The SMILES string of the molecule is COc1cccc(Cn2nc(C(=O)N3CCCC(O)C3)c3c2CCN(CCCc2ccccc2)C3)c1. The smallest absolute Gasteiger partial charge is 0.274 e. The Morgan fingerprint density at radius 3 is 2.75 bits per heavy atom. The number of rotatable bonds is 8. The van der Waals surface area contributed by atoms with Crippen molar-refractivity contribution in [3.8, 4) is 5.75 Å². The summed E-state index contributed by atoms with van der Waals surface area (Å²) in [4.78, 5) is 17.8. The summed E-state index contributed by atoms with van der Waals surface area (Å²) in [6.45, 7) is 4.35. The first-order valence-corrected chi connectivity index (χ1v) is 13.1. The van der Waals surface area contributed by atoms with Crippen LogP contribution < -0.4 is 4.74 Å². The first-order chi connectivity index (χ1) is 17.6. The van der Waals surface area contributed by atoms with Crippen LogP contribution in [0.3, 0.4) is 0 Å². The lowest BCUT2D eigenvalue weighted by atomic mass is 10.0. The third-order valence-corrected chi connectivity index (χ3v) is 7.35. The van der Waals surface area contributed by atoms with Gasteiger partial charge in [-0.2, -0.15) is 5.10 Å². The molecule has 2 aliphatic rings. The minimum atomic E-state index is -0.452. The van der Waals surface area contributed by atoms with Crippen LogP contribution in [0.25, 0.3) is 0 Å². The van der Waals surface area contributed by atoms with Crippen LogP contribution in [0.5, 0.6) is 5.75 Å². The van der Waals surface area contributed by atoms with Gasteiger partial charge in [-0.3, -0.25) is 14.4 Å². The van der Waals surface area contributed by atoms with Gasteiger partial charge in [0.2, 0.25) is 0 Å². The van der Waals surface area contributed by atoms with E-state index in [0.29, 0.717) is 25.3 Å². The second-order valence-electron chi connectivity index (χ2n) is 9.95. The van der Waals surface area contributed by atoms with Crippen LogP contribution in [-0.4, -0.2) is 70.0 Å². The maximum atomic E-state index is 13.6. The van der Waals surface area contributed by atoms with E-state index in [9.17, 15) is 9.90 Å². The highest BCUT2D eigenvalue weighted by Crippen LogP contribution is 2.26. The van der Waals surface area contributed by atoms with Gasteiger partial charge in [-0.15, -0.1) is 0 Å². The van der Waals surface area contributed by atoms with Crippen molar-refractivity contribution in [2.24, 2.45) is 0 Å². The highest BCUT2D eigenvalue weighted by atomic mass is 16.5. The number of aliphatic hydroxyl groups excluding tert-OH is 1. The summed E-state index contributed by atoms with van der Waals surface area (Å²) in [5.41, 5.74) is 5.21. The number of β-amino-alcohol motifs (C(OH)–C–C–N with tert-alkyl or cyclic N) is 1. The number of hydrogen-bond donors (Lipinski definition) is 1. The fourth-order valence-corrected chi connectivity index (χ4v) is 5.42. The zero-order valence-electron chi connectivity index (χ0n) is 21.1. The molecule has 0 spiro atoms. The number of ether oxygens (including phenoxy) is 1. The van der Waals surface area contributed by atoms with Crippen LogP contribution in [0.4, 0.5) is 0 Å². The number of benzene rings is 2. The normalized spacial score (nSPS) is 18.2. The second-order valence-corrected chi connectivity index (χ2v) is 9.95. The Labute approximate surface area is 213 Å². The van der Waals surface area contributed by atoms with Gasteiger partial charge in [0.1, 0.15) is 5.75 Å². The fraction of sp³-hybridized carbons (Fsp3) is 0.448. The lowest BCUT2D eigenvalue weighted by Crippen LogP contribution is -2.43. The Morgan fingerprint density at radius 1 is 1.11 bits per heavy atom. The van der Waals surface area contributed by atoms with E-state index in [-0.39, 0.29) is 5.91 Å². The molecule has 0 bridgehead atoms. The molecule has 3 heterocycles. The predicted octanol–water partition coefficient (Wildman–Crippen LogP) is 3.53. The number of piperidine rings is 1. The summed E-state index contributed by atoms with van der Waals surface area (Å²) >= 11 is 0. The molecule has 3 aromatic rings. The maximum absolute atomic E-state index is 13.6. The third-order valence-electron chi connectivity index (χ3n) is 7.35. The number of likely N-dealkylation sites (tertiary alicyclic amines) is 1. The number of nitrogens with zero attached hydrogens (tertiary/aromatic N) is 4. The lowest BCUT2D eigenvalue weighted by Gasteiger charge is -2.31.